The number of hydrogen-bond donors (Lipinski definition) is 2. The van der Waals surface area contributed by atoms with Crippen LogP contribution in [0.5, 0.6) is 0 Å². The van der Waals surface area contributed by atoms with Crippen LogP contribution in [-0.2, 0) is 0 Å². The number of nitrogens with zero attached hydrogens (tertiary/aromatic N) is 1. The van der Waals surface area contributed by atoms with Crippen molar-refractivity contribution in [1.82, 2.24) is 15.5 Å². The fraction of sp³-hybridized carbons (Fsp3) is 0.800. The number of hydrogen-bond acceptors (Lipinski definition) is 2. The molecule has 0 fully saturated rings. The molecule has 3 heteroatoms. The summed E-state index contributed by atoms with van der Waals surface area (Å²) < 4.78 is 0. The third-order valence-electron chi connectivity index (χ3n) is 3.50. The Hall–Kier alpha value is -0.830. The number of rotatable bonds is 11. The quantitative estimate of drug-likeness (QED) is 0.579. The second-order valence-electron chi connectivity index (χ2n) is 5.18. The van der Waals surface area contributed by atoms with E-state index in [1.165, 1.54) is 56.9 Å². The summed E-state index contributed by atoms with van der Waals surface area (Å²) in [7, 11) is 0. The average molecular weight is 251 g/mol. The number of H-pyrrole nitrogens is 1. The molecule has 1 aromatic heterocycles. The molecule has 1 unspecified atom stereocenters. The van der Waals surface area contributed by atoms with Crippen LogP contribution in [0.3, 0.4) is 0 Å². The van der Waals surface area contributed by atoms with Gasteiger partial charge >= 0.3 is 0 Å². The van der Waals surface area contributed by atoms with E-state index in [0.29, 0.717) is 6.04 Å². The normalized spacial score (nSPS) is 12.8. The molecule has 0 aliphatic rings. The Morgan fingerprint density at radius 1 is 1.11 bits per heavy atom. The van der Waals surface area contributed by atoms with Gasteiger partial charge in [0.25, 0.3) is 0 Å². The molecule has 0 bridgehead atoms. The Morgan fingerprint density at radius 2 is 1.78 bits per heavy atom. The van der Waals surface area contributed by atoms with Crippen LogP contribution in [0.1, 0.15) is 76.8 Å². The number of aromatic nitrogens is 2. The molecule has 0 amide bonds. The second kappa shape index (κ2) is 10.1. The van der Waals surface area contributed by atoms with Gasteiger partial charge in [0.05, 0.1) is 6.20 Å². The summed E-state index contributed by atoms with van der Waals surface area (Å²) in [4.78, 5) is 0. The van der Waals surface area contributed by atoms with Gasteiger partial charge in [0.15, 0.2) is 0 Å². The lowest BCUT2D eigenvalue weighted by atomic mass is 10.1. The van der Waals surface area contributed by atoms with Gasteiger partial charge in [-0.15, -0.1) is 0 Å². The standard InChI is InChI=1S/C15H29N3/c1-3-4-5-6-7-8-9-10-11-16-14(2)15-12-17-18-13-15/h12-14,16H,3-11H2,1-2H3,(H,17,18). The molecule has 0 aliphatic carbocycles. The Kier molecular flexibility index (Phi) is 8.57. The van der Waals surface area contributed by atoms with Crippen LogP contribution in [-0.4, -0.2) is 16.7 Å². The third-order valence-corrected chi connectivity index (χ3v) is 3.50. The molecule has 0 saturated heterocycles. The molecular weight excluding hydrogens is 222 g/mol. The van der Waals surface area contributed by atoms with Gasteiger partial charge in [-0.25, -0.2) is 0 Å². The number of unbranched alkanes of at least 4 members (excludes halogenated alkanes) is 7. The van der Waals surface area contributed by atoms with Gasteiger partial charge in [-0.05, 0) is 19.9 Å². The third kappa shape index (κ3) is 6.80. The van der Waals surface area contributed by atoms with Crippen molar-refractivity contribution in [3.63, 3.8) is 0 Å². The zero-order chi connectivity index (χ0) is 13.1. The van der Waals surface area contributed by atoms with Crippen LogP contribution in [0.25, 0.3) is 0 Å². The smallest absolute Gasteiger partial charge is 0.0534 e. The second-order valence-corrected chi connectivity index (χ2v) is 5.18. The summed E-state index contributed by atoms with van der Waals surface area (Å²) in [6.07, 6.45) is 14.9. The van der Waals surface area contributed by atoms with Gasteiger partial charge in [0, 0.05) is 17.8 Å². The first-order chi connectivity index (χ1) is 8.84. The number of nitrogens with one attached hydrogen (secondary N) is 2. The maximum atomic E-state index is 3.97. The van der Waals surface area contributed by atoms with Crippen molar-refractivity contribution >= 4 is 0 Å². The van der Waals surface area contributed by atoms with Gasteiger partial charge in [0.2, 0.25) is 0 Å². The highest BCUT2D eigenvalue weighted by molar-refractivity contribution is 5.07. The van der Waals surface area contributed by atoms with Crippen molar-refractivity contribution in [2.45, 2.75) is 71.3 Å². The topological polar surface area (TPSA) is 40.7 Å². The fourth-order valence-electron chi connectivity index (χ4n) is 2.19. The van der Waals surface area contributed by atoms with E-state index in [4.69, 9.17) is 0 Å². The summed E-state index contributed by atoms with van der Waals surface area (Å²) in [5.74, 6) is 0. The minimum atomic E-state index is 0.410. The summed E-state index contributed by atoms with van der Waals surface area (Å²) in [5, 5.41) is 10.4. The van der Waals surface area contributed by atoms with Crippen LogP contribution in [0.4, 0.5) is 0 Å². The minimum absolute atomic E-state index is 0.410. The summed E-state index contributed by atoms with van der Waals surface area (Å²) >= 11 is 0. The van der Waals surface area contributed by atoms with E-state index in [1.54, 1.807) is 0 Å². The van der Waals surface area contributed by atoms with Crippen LogP contribution in [0, 0.1) is 0 Å². The van der Waals surface area contributed by atoms with E-state index >= 15 is 0 Å². The average Bonchev–Trinajstić information content (AvgIpc) is 2.90. The van der Waals surface area contributed by atoms with E-state index in [0.717, 1.165) is 6.54 Å². The molecule has 2 N–H and O–H groups in total. The van der Waals surface area contributed by atoms with Gasteiger partial charge in [-0.1, -0.05) is 51.9 Å². The zero-order valence-corrected chi connectivity index (χ0v) is 12.0. The highest BCUT2D eigenvalue weighted by Gasteiger charge is 2.04. The van der Waals surface area contributed by atoms with Crippen molar-refractivity contribution in [2.24, 2.45) is 0 Å². The fourth-order valence-corrected chi connectivity index (χ4v) is 2.19. The molecule has 0 aromatic carbocycles. The minimum Gasteiger partial charge on any atom is -0.310 e. The molecule has 0 radical (unpaired) electrons. The number of aromatic amines is 1. The lowest BCUT2D eigenvalue weighted by Gasteiger charge is -2.11. The predicted octanol–water partition coefficient (Wildman–Crippen LogP) is 4.20. The lowest BCUT2D eigenvalue weighted by molar-refractivity contribution is 0.521. The molecule has 104 valence electrons. The van der Waals surface area contributed by atoms with Crippen molar-refractivity contribution in [3.8, 4) is 0 Å². The Bertz CT molecular complexity index is 269. The van der Waals surface area contributed by atoms with Crippen molar-refractivity contribution in [3.05, 3.63) is 18.0 Å². The highest BCUT2D eigenvalue weighted by atomic mass is 15.1. The molecule has 0 spiro atoms. The largest absolute Gasteiger partial charge is 0.310 e. The first kappa shape index (κ1) is 15.2. The lowest BCUT2D eigenvalue weighted by Crippen LogP contribution is -2.19. The van der Waals surface area contributed by atoms with E-state index in [-0.39, 0.29) is 0 Å². The van der Waals surface area contributed by atoms with Gasteiger partial charge in [-0.2, -0.15) is 5.10 Å². The molecule has 0 saturated carbocycles. The first-order valence-corrected chi connectivity index (χ1v) is 7.56. The zero-order valence-electron chi connectivity index (χ0n) is 12.0. The summed E-state index contributed by atoms with van der Waals surface area (Å²) in [6.45, 7) is 5.57. The SMILES string of the molecule is CCCCCCCCCCNC(C)c1cn[nH]c1. The van der Waals surface area contributed by atoms with Crippen molar-refractivity contribution < 1.29 is 0 Å². The van der Waals surface area contributed by atoms with Crippen LogP contribution in [0.15, 0.2) is 12.4 Å². The maximum absolute atomic E-state index is 3.97. The van der Waals surface area contributed by atoms with Gasteiger partial charge in [0.1, 0.15) is 0 Å². The van der Waals surface area contributed by atoms with Crippen LogP contribution < -0.4 is 5.32 Å². The Morgan fingerprint density at radius 3 is 2.39 bits per heavy atom. The van der Waals surface area contributed by atoms with E-state index in [1.807, 2.05) is 12.4 Å². The Balaban J connectivity index is 1.87. The summed E-state index contributed by atoms with van der Waals surface area (Å²) in [5.41, 5.74) is 1.24. The molecule has 3 nitrogen and oxygen atoms in total. The van der Waals surface area contributed by atoms with Gasteiger partial charge < -0.3 is 5.32 Å². The predicted molar refractivity (Wildman–Crippen MR) is 77.6 cm³/mol. The molecule has 0 aliphatic heterocycles. The van der Waals surface area contributed by atoms with E-state index < -0.39 is 0 Å². The molecule has 18 heavy (non-hydrogen) atoms. The Labute approximate surface area is 112 Å². The van der Waals surface area contributed by atoms with E-state index in [9.17, 15) is 0 Å². The van der Waals surface area contributed by atoms with E-state index in [2.05, 4.69) is 29.4 Å². The molecular formula is C15H29N3. The maximum Gasteiger partial charge on any atom is 0.0534 e. The molecule has 1 heterocycles. The van der Waals surface area contributed by atoms with Gasteiger partial charge in [-0.3, -0.25) is 5.10 Å². The molecule has 1 aromatic rings. The summed E-state index contributed by atoms with van der Waals surface area (Å²) in [6, 6.07) is 0.410. The molecule has 1 atom stereocenters. The highest BCUT2D eigenvalue weighted by Crippen LogP contribution is 2.10. The first-order valence-electron chi connectivity index (χ1n) is 7.56. The van der Waals surface area contributed by atoms with Crippen LogP contribution in [0.2, 0.25) is 0 Å². The van der Waals surface area contributed by atoms with Crippen molar-refractivity contribution in [2.75, 3.05) is 6.54 Å². The monoisotopic (exact) mass is 251 g/mol. The molecule has 1 rings (SSSR count). The van der Waals surface area contributed by atoms with Crippen LogP contribution >= 0.6 is 0 Å². The van der Waals surface area contributed by atoms with Crippen molar-refractivity contribution in [1.29, 1.82) is 0 Å².